The van der Waals surface area contributed by atoms with Gasteiger partial charge in [0.1, 0.15) is 0 Å². The summed E-state index contributed by atoms with van der Waals surface area (Å²) in [6, 6.07) is 0. The number of piperidine rings is 1. The average Bonchev–Trinajstić information content (AvgIpc) is 1.88. The van der Waals surface area contributed by atoms with Crippen LogP contribution in [-0.4, -0.2) is 26.6 Å². The van der Waals surface area contributed by atoms with Crippen molar-refractivity contribution in [2.24, 2.45) is 0 Å². The Morgan fingerprint density at radius 2 is 1.64 bits per heavy atom. The van der Waals surface area contributed by atoms with Gasteiger partial charge in [-0.25, -0.2) is 8.42 Å². The lowest BCUT2D eigenvalue weighted by molar-refractivity contribution is -0.0608. The maximum Gasteiger partial charge on any atom is 0.273 e. The van der Waals surface area contributed by atoms with Crippen LogP contribution in [0, 0.1) is 0 Å². The van der Waals surface area contributed by atoms with Crippen LogP contribution in [0.2, 0.25) is 0 Å². The van der Waals surface area contributed by atoms with Gasteiger partial charge in [-0.15, -0.1) is 17.0 Å². The van der Waals surface area contributed by atoms with E-state index in [1.807, 2.05) is 0 Å². The summed E-state index contributed by atoms with van der Waals surface area (Å²) in [4.78, 5) is 0. The van der Waals surface area contributed by atoms with Crippen LogP contribution in [0.5, 0.6) is 0 Å². The van der Waals surface area contributed by atoms with Crippen molar-refractivity contribution >= 4 is 28.0 Å². The van der Waals surface area contributed by atoms with Gasteiger partial charge in [-0.05, 0) is 12.8 Å². The van der Waals surface area contributed by atoms with Gasteiger partial charge in [0.15, 0.2) is 0 Å². The first-order chi connectivity index (χ1) is 4.79. The third-order valence-corrected chi connectivity index (χ3v) is 1.86. The van der Waals surface area contributed by atoms with E-state index in [1.165, 1.54) is 11.5 Å². The van der Waals surface area contributed by atoms with E-state index in [4.69, 9.17) is 0 Å². The Morgan fingerprint density at radius 3 is 2.09 bits per heavy atom. The third kappa shape index (κ3) is 4.73. The summed E-state index contributed by atoms with van der Waals surface area (Å²) in [6.07, 6.45) is 3.24. The summed E-state index contributed by atoms with van der Waals surface area (Å²) < 4.78 is 24.6. The molecule has 0 spiro atoms. The predicted octanol–water partition coefficient (Wildman–Crippen LogP) is 0.508. The number of hydrogen-bond donors (Lipinski definition) is 1. The molecule has 1 fully saturated rings. The molecule has 0 radical (unpaired) electrons. The van der Waals surface area contributed by atoms with Crippen LogP contribution >= 0.6 is 17.0 Å². The molecule has 68 valence electrons. The fraction of sp³-hybridized carbons (Fsp3) is 1.00. The second-order valence-corrected chi connectivity index (χ2v) is 2.91. The molecule has 1 heterocycles. The van der Waals surface area contributed by atoms with Crippen LogP contribution in [0.25, 0.3) is 0 Å². The monoisotopic (exact) mass is 245 g/mol. The number of hydrogen-bond acceptors (Lipinski definition) is 4. The first-order valence-electron chi connectivity index (χ1n) is 3.36. The molecule has 0 bridgehead atoms. The van der Waals surface area contributed by atoms with E-state index in [-0.39, 0.29) is 17.0 Å². The van der Waals surface area contributed by atoms with Gasteiger partial charge >= 0.3 is 0 Å². The summed E-state index contributed by atoms with van der Waals surface area (Å²) in [5.41, 5.74) is 0. The average molecular weight is 246 g/mol. The molecule has 0 saturated carbocycles. The molecule has 0 unspecified atom stereocenters. The quantitative estimate of drug-likeness (QED) is 0.721. The second-order valence-electron chi connectivity index (χ2n) is 2.29. The lowest BCUT2D eigenvalue weighted by Gasteiger charge is -2.21. The van der Waals surface area contributed by atoms with E-state index in [0.29, 0.717) is 0 Å². The highest BCUT2D eigenvalue weighted by atomic mass is 79.9. The first-order valence-corrected chi connectivity index (χ1v) is 4.46. The molecule has 0 atom stereocenters. The van der Waals surface area contributed by atoms with E-state index >= 15 is 0 Å². The minimum atomic E-state index is -2.70. The summed E-state index contributed by atoms with van der Waals surface area (Å²) in [7, 11) is -2.70. The molecule has 1 saturated heterocycles. The number of nitrogens with zero attached hydrogens (tertiary/aromatic N) is 1. The first kappa shape index (κ1) is 11.4. The molecule has 0 amide bonds. The molecule has 0 aromatic heterocycles. The molecular formula is C5H12BrNO3S. The van der Waals surface area contributed by atoms with Gasteiger partial charge in [-0.3, -0.25) is 0 Å². The van der Waals surface area contributed by atoms with Crippen molar-refractivity contribution in [3.05, 3.63) is 0 Å². The van der Waals surface area contributed by atoms with Gasteiger partial charge in [0.05, 0.1) is 0 Å². The Morgan fingerprint density at radius 1 is 1.09 bits per heavy atom. The predicted molar refractivity (Wildman–Crippen MR) is 47.1 cm³/mol. The highest BCUT2D eigenvalue weighted by Gasteiger charge is 2.10. The molecule has 1 rings (SSSR count). The molecule has 0 aliphatic carbocycles. The summed E-state index contributed by atoms with van der Waals surface area (Å²) >= 11 is 0. The lowest BCUT2D eigenvalue weighted by Crippen LogP contribution is -2.29. The molecule has 11 heavy (non-hydrogen) atoms. The number of thiol groups is 1. The smallest absolute Gasteiger partial charge is 0.201 e. The Balaban J connectivity index is 0.000001000. The van der Waals surface area contributed by atoms with Gasteiger partial charge in [0.25, 0.3) is 11.0 Å². The van der Waals surface area contributed by atoms with Gasteiger partial charge in [0.2, 0.25) is 0 Å². The van der Waals surface area contributed by atoms with Crippen LogP contribution in [0.4, 0.5) is 0 Å². The lowest BCUT2D eigenvalue weighted by atomic mass is 10.2. The van der Waals surface area contributed by atoms with Crippen molar-refractivity contribution in [1.82, 2.24) is 5.06 Å². The normalized spacial score (nSPS) is 19.7. The second kappa shape index (κ2) is 5.93. The number of rotatable bonds is 2. The Kier molecular flexibility index (Phi) is 6.12. The zero-order valence-electron chi connectivity index (χ0n) is 6.06. The van der Waals surface area contributed by atoms with Gasteiger partial charge < -0.3 is 0 Å². The van der Waals surface area contributed by atoms with Crippen LogP contribution in [-0.2, 0) is 15.3 Å². The zero-order chi connectivity index (χ0) is 7.40. The largest absolute Gasteiger partial charge is 0.273 e. The Labute approximate surface area is 78.4 Å². The molecule has 6 heteroatoms. The van der Waals surface area contributed by atoms with E-state index in [0.717, 1.165) is 25.9 Å². The molecule has 0 aromatic rings. The zero-order valence-corrected chi connectivity index (χ0v) is 8.67. The molecule has 1 aliphatic rings. The SMILES string of the molecule is Br.O=[SH](=O)ON1CCCCC1. The third-order valence-electron chi connectivity index (χ3n) is 1.50. The van der Waals surface area contributed by atoms with Gasteiger partial charge in [-0.1, -0.05) is 6.42 Å². The summed E-state index contributed by atoms with van der Waals surface area (Å²) in [5, 5.41) is 1.50. The topological polar surface area (TPSA) is 46.6 Å². The highest BCUT2D eigenvalue weighted by molar-refractivity contribution is 8.93. The molecular weight excluding hydrogens is 234 g/mol. The van der Waals surface area contributed by atoms with Gasteiger partial charge in [-0.2, -0.15) is 9.35 Å². The van der Waals surface area contributed by atoms with Crippen molar-refractivity contribution < 1.29 is 12.7 Å². The fourth-order valence-corrected chi connectivity index (χ4v) is 1.39. The van der Waals surface area contributed by atoms with E-state index in [1.54, 1.807) is 0 Å². The highest BCUT2D eigenvalue weighted by Crippen LogP contribution is 2.08. The Hall–Kier alpha value is 0.350. The van der Waals surface area contributed by atoms with Crippen LogP contribution in [0.1, 0.15) is 19.3 Å². The molecule has 1 aliphatic heterocycles. The Bertz CT molecular complexity index is 159. The summed E-state index contributed by atoms with van der Waals surface area (Å²) in [6.45, 7) is 1.48. The summed E-state index contributed by atoms with van der Waals surface area (Å²) in [5.74, 6) is 0. The minimum Gasteiger partial charge on any atom is -0.201 e. The van der Waals surface area contributed by atoms with E-state index in [9.17, 15) is 8.42 Å². The fourth-order valence-electron chi connectivity index (χ4n) is 1.04. The van der Waals surface area contributed by atoms with Crippen molar-refractivity contribution in [2.75, 3.05) is 13.1 Å². The van der Waals surface area contributed by atoms with Crippen LogP contribution in [0.3, 0.4) is 0 Å². The van der Waals surface area contributed by atoms with Crippen LogP contribution in [0.15, 0.2) is 0 Å². The maximum atomic E-state index is 10.0. The molecule has 0 N–H and O–H groups in total. The van der Waals surface area contributed by atoms with Crippen LogP contribution < -0.4 is 0 Å². The molecule has 4 nitrogen and oxygen atoms in total. The van der Waals surface area contributed by atoms with Crippen molar-refractivity contribution in [3.63, 3.8) is 0 Å². The minimum absolute atomic E-state index is 0. The maximum absolute atomic E-state index is 10.0. The van der Waals surface area contributed by atoms with Crippen molar-refractivity contribution in [2.45, 2.75) is 19.3 Å². The van der Waals surface area contributed by atoms with E-state index < -0.39 is 11.0 Å². The standard InChI is InChI=1S/C5H11NO3S.BrH/c7-10(8)9-6-4-2-1-3-5-6;/h10H,1-5H2;1H. The number of hydroxylamine groups is 2. The molecule has 0 aromatic carbocycles. The van der Waals surface area contributed by atoms with E-state index in [2.05, 4.69) is 4.28 Å². The van der Waals surface area contributed by atoms with Gasteiger partial charge in [0, 0.05) is 13.1 Å². The number of halogens is 1. The van der Waals surface area contributed by atoms with Crippen molar-refractivity contribution in [3.8, 4) is 0 Å². The van der Waals surface area contributed by atoms with Crippen molar-refractivity contribution in [1.29, 1.82) is 0 Å².